The van der Waals surface area contributed by atoms with Gasteiger partial charge < -0.3 is 15.1 Å². The standard InChI is InChI=1S/C27H29N5O/c1-3-30-16-18-31(19-17-30)24-10-8-23(9-11-24)29-25-12-13-26(32-15-14-28-27(25)32)22-6-4-21(5-7-22)20(2)33/h4-15,29H,3,16-19H2,1-2H3. The van der Waals surface area contributed by atoms with Gasteiger partial charge in [-0.3, -0.25) is 9.20 Å². The van der Waals surface area contributed by atoms with Crippen molar-refractivity contribution < 1.29 is 4.79 Å². The molecule has 33 heavy (non-hydrogen) atoms. The summed E-state index contributed by atoms with van der Waals surface area (Å²) in [5.74, 6) is 0.0723. The molecule has 0 radical (unpaired) electrons. The molecule has 1 fully saturated rings. The second-order valence-corrected chi connectivity index (χ2v) is 8.48. The first-order chi connectivity index (χ1) is 16.1. The Hall–Kier alpha value is -3.64. The van der Waals surface area contributed by atoms with Crippen molar-refractivity contribution in [2.45, 2.75) is 13.8 Å². The van der Waals surface area contributed by atoms with Crippen molar-refractivity contribution in [3.05, 3.63) is 78.6 Å². The summed E-state index contributed by atoms with van der Waals surface area (Å²) in [6, 6.07) is 20.5. The topological polar surface area (TPSA) is 52.9 Å². The molecule has 5 rings (SSSR count). The van der Waals surface area contributed by atoms with Crippen molar-refractivity contribution in [3.8, 4) is 11.3 Å². The second kappa shape index (κ2) is 9.08. The van der Waals surface area contributed by atoms with Crippen LogP contribution in [0.4, 0.5) is 17.1 Å². The van der Waals surface area contributed by atoms with Crippen LogP contribution >= 0.6 is 0 Å². The summed E-state index contributed by atoms with van der Waals surface area (Å²) < 4.78 is 2.08. The molecule has 0 amide bonds. The van der Waals surface area contributed by atoms with Gasteiger partial charge in [-0.1, -0.05) is 31.2 Å². The number of ketones is 1. The molecule has 1 N–H and O–H groups in total. The minimum Gasteiger partial charge on any atom is -0.369 e. The van der Waals surface area contributed by atoms with E-state index in [4.69, 9.17) is 0 Å². The van der Waals surface area contributed by atoms with Crippen LogP contribution in [0.2, 0.25) is 0 Å². The molecule has 2 aromatic heterocycles. The summed E-state index contributed by atoms with van der Waals surface area (Å²) in [6.45, 7) is 9.33. The maximum absolute atomic E-state index is 11.6. The first kappa shape index (κ1) is 21.2. The maximum Gasteiger partial charge on any atom is 0.161 e. The van der Waals surface area contributed by atoms with Crippen LogP contribution in [0.3, 0.4) is 0 Å². The van der Waals surface area contributed by atoms with Gasteiger partial charge in [0, 0.05) is 55.5 Å². The van der Waals surface area contributed by atoms with Crippen molar-refractivity contribution in [1.82, 2.24) is 14.3 Å². The molecule has 6 nitrogen and oxygen atoms in total. The summed E-state index contributed by atoms with van der Waals surface area (Å²) in [4.78, 5) is 21.1. The fraction of sp³-hybridized carbons (Fsp3) is 0.259. The zero-order chi connectivity index (χ0) is 22.8. The lowest BCUT2D eigenvalue weighted by Gasteiger charge is -2.35. The van der Waals surface area contributed by atoms with E-state index in [0.29, 0.717) is 0 Å². The van der Waals surface area contributed by atoms with Gasteiger partial charge >= 0.3 is 0 Å². The highest BCUT2D eigenvalue weighted by atomic mass is 16.1. The number of hydrogen-bond acceptors (Lipinski definition) is 5. The Morgan fingerprint density at radius 3 is 2.33 bits per heavy atom. The zero-order valence-electron chi connectivity index (χ0n) is 19.2. The highest BCUT2D eigenvalue weighted by Crippen LogP contribution is 2.28. The lowest BCUT2D eigenvalue weighted by molar-refractivity contribution is 0.101. The summed E-state index contributed by atoms with van der Waals surface area (Å²) >= 11 is 0. The van der Waals surface area contributed by atoms with Crippen molar-refractivity contribution in [1.29, 1.82) is 0 Å². The van der Waals surface area contributed by atoms with Gasteiger partial charge in [-0.2, -0.15) is 0 Å². The molecule has 168 valence electrons. The molecule has 6 heteroatoms. The average Bonchev–Trinajstić information content (AvgIpc) is 3.35. The third-order valence-electron chi connectivity index (χ3n) is 6.47. The Morgan fingerprint density at radius 1 is 0.939 bits per heavy atom. The Morgan fingerprint density at radius 2 is 1.67 bits per heavy atom. The highest BCUT2D eigenvalue weighted by Gasteiger charge is 2.16. The third-order valence-corrected chi connectivity index (χ3v) is 6.47. The number of anilines is 3. The van der Waals surface area contributed by atoms with Crippen molar-refractivity contribution in [2.75, 3.05) is 42.9 Å². The molecular formula is C27H29N5O. The van der Waals surface area contributed by atoms with Gasteiger partial charge in [-0.05, 0) is 55.4 Å². The van der Waals surface area contributed by atoms with E-state index in [1.54, 1.807) is 6.92 Å². The Kier molecular flexibility index (Phi) is 5.84. The predicted molar refractivity (Wildman–Crippen MR) is 135 cm³/mol. The summed E-state index contributed by atoms with van der Waals surface area (Å²) in [5, 5.41) is 3.53. The van der Waals surface area contributed by atoms with Gasteiger partial charge in [0.05, 0.1) is 11.4 Å². The van der Waals surface area contributed by atoms with E-state index >= 15 is 0 Å². The predicted octanol–water partition coefficient (Wildman–Crippen LogP) is 5.09. The molecule has 2 aromatic carbocycles. The fourth-order valence-electron chi connectivity index (χ4n) is 4.46. The number of imidazole rings is 1. The molecule has 0 unspecified atom stereocenters. The molecule has 0 atom stereocenters. The van der Waals surface area contributed by atoms with E-state index in [9.17, 15) is 4.79 Å². The third kappa shape index (κ3) is 4.34. The monoisotopic (exact) mass is 439 g/mol. The van der Waals surface area contributed by atoms with Crippen LogP contribution in [0, 0.1) is 0 Å². The number of pyridine rings is 1. The van der Waals surface area contributed by atoms with Crippen molar-refractivity contribution in [3.63, 3.8) is 0 Å². The van der Waals surface area contributed by atoms with Crippen LogP contribution in [0.5, 0.6) is 0 Å². The Bertz CT molecular complexity index is 1250. The average molecular weight is 440 g/mol. The number of carbonyl (C=O) groups excluding carboxylic acids is 1. The number of aromatic nitrogens is 2. The zero-order valence-corrected chi connectivity index (χ0v) is 19.2. The quantitative estimate of drug-likeness (QED) is 0.424. The second-order valence-electron chi connectivity index (χ2n) is 8.48. The number of hydrogen-bond donors (Lipinski definition) is 1. The summed E-state index contributed by atoms with van der Waals surface area (Å²) in [6.07, 6.45) is 3.78. The van der Waals surface area contributed by atoms with Gasteiger partial charge in [-0.25, -0.2) is 4.98 Å². The van der Waals surface area contributed by atoms with Crippen LogP contribution in [0.1, 0.15) is 24.2 Å². The largest absolute Gasteiger partial charge is 0.369 e. The smallest absolute Gasteiger partial charge is 0.161 e. The minimum absolute atomic E-state index is 0.0723. The maximum atomic E-state index is 11.6. The molecule has 1 aliphatic heterocycles. The van der Waals surface area contributed by atoms with Crippen LogP contribution in [0.25, 0.3) is 16.9 Å². The lowest BCUT2D eigenvalue weighted by atomic mass is 10.1. The van der Waals surface area contributed by atoms with Gasteiger partial charge in [0.15, 0.2) is 11.4 Å². The number of nitrogens with one attached hydrogen (secondary N) is 1. The minimum atomic E-state index is 0.0723. The summed E-state index contributed by atoms with van der Waals surface area (Å²) in [7, 11) is 0. The molecule has 0 aliphatic carbocycles. The number of benzene rings is 2. The molecule has 1 saturated heterocycles. The Balaban J connectivity index is 1.35. The van der Waals surface area contributed by atoms with E-state index in [1.807, 2.05) is 36.7 Å². The van der Waals surface area contributed by atoms with Gasteiger partial charge in [0.25, 0.3) is 0 Å². The van der Waals surface area contributed by atoms with E-state index < -0.39 is 0 Å². The molecule has 3 heterocycles. The molecular weight excluding hydrogens is 410 g/mol. The van der Waals surface area contributed by atoms with Gasteiger partial charge in [-0.15, -0.1) is 0 Å². The normalized spacial score (nSPS) is 14.5. The number of carbonyl (C=O) groups is 1. The van der Waals surface area contributed by atoms with E-state index in [0.717, 1.165) is 66.6 Å². The molecule has 0 saturated carbocycles. The van der Waals surface area contributed by atoms with Crippen LogP contribution in [-0.4, -0.2) is 52.8 Å². The lowest BCUT2D eigenvalue weighted by Crippen LogP contribution is -2.46. The van der Waals surface area contributed by atoms with Crippen molar-refractivity contribution in [2.24, 2.45) is 0 Å². The van der Waals surface area contributed by atoms with E-state index in [-0.39, 0.29) is 5.78 Å². The highest BCUT2D eigenvalue weighted by molar-refractivity contribution is 5.94. The SMILES string of the molecule is CCN1CCN(c2ccc(Nc3ccc(-c4ccc(C(C)=O)cc4)n4ccnc34)cc2)CC1. The number of likely N-dealkylation sites (N-methyl/N-ethyl adjacent to an activating group) is 1. The van der Waals surface area contributed by atoms with Crippen molar-refractivity contribution >= 4 is 28.5 Å². The van der Waals surface area contributed by atoms with Crippen LogP contribution in [-0.2, 0) is 0 Å². The number of Topliss-reactive ketones (excluding diaryl/α,β-unsaturated/α-hetero) is 1. The number of piperazine rings is 1. The van der Waals surface area contributed by atoms with E-state index in [2.05, 4.69) is 67.8 Å². The van der Waals surface area contributed by atoms with Gasteiger partial charge in [0.1, 0.15) is 0 Å². The van der Waals surface area contributed by atoms with Gasteiger partial charge in [0.2, 0.25) is 0 Å². The first-order valence-electron chi connectivity index (χ1n) is 11.5. The first-order valence-corrected chi connectivity index (χ1v) is 11.5. The number of nitrogens with zero attached hydrogens (tertiary/aromatic N) is 4. The van der Waals surface area contributed by atoms with E-state index in [1.165, 1.54) is 5.69 Å². The Labute approximate surface area is 194 Å². The van der Waals surface area contributed by atoms with Crippen LogP contribution in [0.15, 0.2) is 73.1 Å². The molecule has 0 bridgehead atoms. The number of rotatable bonds is 6. The number of fused-ring (bicyclic) bond motifs is 1. The summed E-state index contributed by atoms with van der Waals surface area (Å²) in [5.41, 5.74) is 6.92. The van der Waals surface area contributed by atoms with Crippen LogP contribution < -0.4 is 10.2 Å². The molecule has 1 aliphatic rings. The fourth-order valence-corrected chi connectivity index (χ4v) is 4.46. The molecule has 0 spiro atoms. The molecule has 4 aromatic rings.